The smallest absolute Gasteiger partial charge is 0.167 e. The maximum Gasteiger partial charge on any atom is 0.167 e. The second kappa shape index (κ2) is 7.07. The van der Waals surface area contributed by atoms with Crippen molar-refractivity contribution in [2.45, 2.75) is 26.3 Å². The normalized spacial score (nSPS) is 12.0. The summed E-state index contributed by atoms with van der Waals surface area (Å²) in [7, 11) is 0. The molecule has 2 nitrogen and oxygen atoms in total. The summed E-state index contributed by atoms with van der Waals surface area (Å²) in [5.41, 5.74) is 1.30. The van der Waals surface area contributed by atoms with Crippen LogP contribution in [0.3, 0.4) is 0 Å². The second-order valence-corrected chi connectivity index (χ2v) is 4.92. The first kappa shape index (κ1) is 15.3. The monoisotopic (exact) mass is 291 g/mol. The molecule has 4 heteroatoms. The van der Waals surface area contributed by atoms with E-state index >= 15 is 0 Å². The molecule has 0 aliphatic heterocycles. The van der Waals surface area contributed by atoms with Crippen LogP contribution >= 0.6 is 0 Å². The van der Waals surface area contributed by atoms with Gasteiger partial charge in [-0.1, -0.05) is 18.2 Å². The molecule has 0 aliphatic rings. The minimum absolute atomic E-state index is 0.0146. The first-order chi connectivity index (χ1) is 10.1. The van der Waals surface area contributed by atoms with Gasteiger partial charge in [-0.05, 0) is 44.0 Å². The largest absolute Gasteiger partial charge is 0.491 e. The molecule has 0 amide bonds. The third kappa shape index (κ3) is 4.18. The lowest BCUT2D eigenvalue weighted by Crippen LogP contribution is -2.18. The molecule has 0 saturated heterocycles. The Balaban J connectivity index is 2.01. The van der Waals surface area contributed by atoms with Crippen molar-refractivity contribution in [2.24, 2.45) is 0 Å². The van der Waals surface area contributed by atoms with Crippen LogP contribution in [0.1, 0.15) is 19.4 Å². The van der Waals surface area contributed by atoms with Gasteiger partial charge in [0.15, 0.2) is 11.6 Å². The van der Waals surface area contributed by atoms with Crippen molar-refractivity contribution in [3.63, 3.8) is 0 Å². The minimum atomic E-state index is -0.403. The molecular weight excluding hydrogens is 272 g/mol. The Morgan fingerprint density at radius 1 is 1.10 bits per heavy atom. The molecule has 0 heterocycles. The van der Waals surface area contributed by atoms with Crippen LogP contribution in [0, 0.1) is 11.6 Å². The van der Waals surface area contributed by atoms with Gasteiger partial charge in [-0.15, -0.1) is 0 Å². The summed E-state index contributed by atoms with van der Waals surface area (Å²) in [5, 5.41) is 3.17. The van der Waals surface area contributed by atoms with E-state index in [1.54, 1.807) is 24.3 Å². The molecule has 0 radical (unpaired) electrons. The van der Waals surface area contributed by atoms with Gasteiger partial charge in [0, 0.05) is 17.8 Å². The van der Waals surface area contributed by atoms with Crippen LogP contribution in [0.25, 0.3) is 0 Å². The van der Waals surface area contributed by atoms with Crippen LogP contribution in [0.2, 0.25) is 0 Å². The summed E-state index contributed by atoms with van der Waals surface area (Å²) in [6.07, 6.45) is 0.529. The summed E-state index contributed by atoms with van der Waals surface area (Å²) in [6, 6.07) is 11.4. The molecule has 0 saturated carbocycles. The van der Waals surface area contributed by atoms with Gasteiger partial charge in [0.05, 0.1) is 6.61 Å². The lowest BCUT2D eigenvalue weighted by atomic mass is 10.1. The molecule has 0 aliphatic carbocycles. The van der Waals surface area contributed by atoms with E-state index in [0.29, 0.717) is 24.3 Å². The summed E-state index contributed by atoms with van der Waals surface area (Å²) >= 11 is 0. The van der Waals surface area contributed by atoms with Crippen molar-refractivity contribution in [3.8, 4) is 5.75 Å². The highest BCUT2D eigenvalue weighted by molar-refractivity contribution is 5.48. The molecule has 21 heavy (non-hydrogen) atoms. The van der Waals surface area contributed by atoms with Crippen LogP contribution < -0.4 is 10.1 Å². The Bertz CT molecular complexity index is 601. The van der Waals surface area contributed by atoms with E-state index in [0.717, 1.165) is 0 Å². The van der Waals surface area contributed by atoms with Crippen molar-refractivity contribution < 1.29 is 13.5 Å². The highest BCUT2D eigenvalue weighted by atomic mass is 19.1. The average molecular weight is 291 g/mol. The van der Waals surface area contributed by atoms with Crippen LogP contribution in [0.5, 0.6) is 5.75 Å². The van der Waals surface area contributed by atoms with Crippen LogP contribution in [-0.2, 0) is 6.42 Å². The van der Waals surface area contributed by atoms with E-state index in [9.17, 15) is 8.78 Å². The van der Waals surface area contributed by atoms with E-state index < -0.39 is 5.82 Å². The summed E-state index contributed by atoms with van der Waals surface area (Å²) in [5.74, 6) is -0.381. The molecule has 0 bridgehead atoms. The van der Waals surface area contributed by atoms with Crippen molar-refractivity contribution in [3.05, 3.63) is 59.7 Å². The van der Waals surface area contributed by atoms with Gasteiger partial charge >= 0.3 is 0 Å². The molecule has 0 aromatic heterocycles. The number of hydrogen-bond acceptors (Lipinski definition) is 2. The zero-order valence-corrected chi connectivity index (χ0v) is 12.2. The van der Waals surface area contributed by atoms with E-state index in [-0.39, 0.29) is 17.6 Å². The van der Waals surface area contributed by atoms with Gasteiger partial charge in [0.25, 0.3) is 0 Å². The fraction of sp³-hybridized carbons (Fsp3) is 0.294. The number of rotatable bonds is 6. The lowest BCUT2D eigenvalue weighted by molar-refractivity contribution is 0.321. The highest BCUT2D eigenvalue weighted by Gasteiger charge is 2.09. The van der Waals surface area contributed by atoms with Crippen molar-refractivity contribution >= 4 is 5.69 Å². The maximum absolute atomic E-state index is 13.8. The molecule has 0 spiro atoms. The Kier molecular flexibility index (Phi) is 5.14. The Morgan fingerprint density at radius 2 is 1.86 bits per heavy atom. The maximum atomic E-state index is 13.8. The highest BCUT2D eigenvalue weighted by Crippen LogP contribution is 2.22. The van der Waals surface area contributed by atoms with Gasteiger partial charge < -0.3 is 10.1 Å². The third-order valence-electron chi connectivity index (χ3n) is 3.13. The van der Waals surface area contributed by atoms with E-state index in [4.69, 9.17) is 4.74 Å². The molecule has 1 unspecified atom stereocenters. The third-order valence-corrected chi connectivity index (χ3v) is 3.13. The van der Waals surface area contributed by atoms with Gasteiger partial charge in [-0.3, -0.25) is 0 Å². The summed E-state index contributed by atoms with van der Waals surface area (Å²) in [6.45, 7) is 4.16. The van der Waals surface area contributed by atoms with Gasteiger partial charge in [0.1, 0.15) is 5.82 Å². The van der Waals surface area contributed by atoms with Gasteiger partial charge in [-0.2, -0.15) is 0 Å². The van der Waals surface area contributed by atoms with Crippen molar-refractivity contribution in [2.75, 3.05) is 11.9 Å². The van der Waals surface area contributed by atoms with Gasteiger partial charge in [0.2, 0.25) is 0 Å². The zero-order valence-electron chi connectivity index (χ0n) is 12.2. The number of hydrogen-bond donors (Lipinski definition) is 1. The summed E-state index contributed by atoms with van der Waals surface area (Å²) in [4.78, 5) is 0. The Hall–Kier alpha value is -2.10. The molecule has 2 aromatic carbocycles. The number of nitrogens with one attached hydrogen (secondary N) is 1. The zero-order chi connectivity index (χ0) is 15.2. The molecule has 0 fully saturated rings. The second-order valence-electron chi connectivity index (χ2n) is 4.92. The molecule has 2 aromatic rings. The molecular formula is C17H19F2NO. The predicted molar refractivity (Wildman–Crippen MR) is 80.8 cm³/mol. The van der Waals surface area contributed by atoms with Crippen LogP contribution in [-0.4, -0.2) is 12.6 Å². The minimum Gasteiger partial charge on any atom is -0.491 e. The quantitative estimate of drug-likeness (QED) is 0.851. The van der Waals surface area contributed by atoms with Crippen molar-refractivity contribution in [1.29, 1.82) is 0 Å². The molecule has 1 N–H and O–H groups in total. The number of benzene rings is 2. The lowest BCUT2D eigenvalue weighted by Gasteiger charge is -2.16. The topological polar surface area (TPSA) is 21.3 Å². The van der Waals surface area contributed by atoms with Crippen molar-refractivity contribution in [1.82, 2.24) is 0 Å². The van der Waals surface area contributed by atoms with E-state index in [1.165, 1.54) is 12.1 Å². The molecule has 1 atom stereocenters. The molecule has 2 rings (SSSR count). The summed E-state index contributed by atoms with van der Waals surface area (Å²) < 4.78 is 32.5. The van der Waals surface area contributed by atoms with Gasteiger partial charge in [-0.25, -0.2) is 8.78 Å². The SMILES string of the molecule is CCOc1ccc(NC(C)Cc2ccccc2F)cc1F. The fourth-order valence-corrected chi connectivity index (χ4v) is 2.19. The predicted octanol–water partition coefficient (Wildman–Crippen LogP) is 4.41. The number of ether oxygens (including phenoxy) is 1. The van der Waals surface area contributed by atoms with Crippen LogP contribution in [0.4, 0.5) is 14.5 Å². The first-order valence-electron chi connectivity index (χ1n) is 7.02. The number of halogens is 2. The Morgan fingerprint density at radius 3 is 2.52 bits per heavy atom. The Labute approximate surface area is 123 Å². The number of anilines is 1. The molecule has 112 valence electrons. The first-order valence-corrected chi connectivity index (χ1v) is 7.02. The average Bonchev–Trinajstić information content (AvgIpc) is 2.44. The van der Waals surface area contributed by atoms with E-state index in [1.807, 2.05) is 19.9 Å². The van der Waals surface area contributed by atoms with Crippen LogP contribution in [0.15, 0.2) is 42.5 Å². The fourth-order valence-electron chi connectivity index (χ4n) is 2.19. The van der Waals surface area contributed by atoms with E-state index in [2.05, 4.69) is 5.32 Å². The standard InChI is InChI=1S/C17H19F2NO/c1-3-21-17-9-8-14(11-16(17)19)20-12(2)10-13-6-4-5-7-15(13)18/h4-9,11-12,20H,3,10H2,1-2H3.